The van der Waals surface area contributed by atoms with Gasteiger partial charge in [0.2, 0.25) is 5.78 Å². The molecule has 0 saturated heterocycles. The number of ether oxygens (including phenoxy) is 1. The molecule has 0 bridgehead atoms. The van der Waals surface area contributed by atoms with E-state index in [1.165, 1.54) is 0 Å². The Morgan fingerprint density at radius 3 is 2.19 bits per heavy atom. The lowest BCUT2D eigenvalue weighted by Crippen LogP contribution is -2.28. The Bertz CT molecular complexity index is 828. The Labute approximate surface area is 152 Å². The molecule has 2 rings (SSSR count). The predicted octanol–water partition coefficient (Wildman–Crippen LogP) is 2.90. The summed E-state index contributed by atoms with van der Waals surface area (Å²) in [6.07, 6.45) is -0.888. The van der Waals surface area contributed by atoms with Crippen LogP contribution in [0.4, 0.5) is 4.79 Å². The highest BCUT2D eigenvalue weighted by atomic mass is 16.5. The molecule has 1 unspecified atom stereocenters. The van der Waals surface area contributed by atoms with E-state index in [1.807, 2.05) is 19.9 Å². The molecular formula is C20H22N2O4. The molecular weight excluding hydrogens is 332 g/mol. The van der Waals surface area contributed by atoms with E-state index < -0.39 is 18.1 Å². The minimum Gasteiger partial charge on any atom is -0.451 e. The SMILES string of the molecule is Cc1ccc(C(=O)C(C)OC(=O)c2ccc(CNC(N)=O)cc2)cc1C. The number of benzene rings is 2. The first-order valence-corrected chi connectivity index (χ1v) is 8.22. The monoisotopic (exact) mass is 354 g/mol. The number of hydrogen-bond acceptors (Lipinski definition) is 4. The Hall–Kier alpha value is -3.15. The maximum absolute atomic E-state index is 12.4. The molecule has 1 atom stereocenters. The second-order valence-corrected chi connectivity index (χ2v) is 6.13. The second-order valence-electron chi connectivity index (χ2n) is 6.13. The number of amides is 2. The molecule has 6 heteroatoms. The van der Waals surface area contributed by atoms with Gasteiger partial charge in [-0.05, 0) is 55.7 Å². The van der Waals surface area contributed by atoms with Gasteiger partial charge in [0, 0.05) is 12.1 Å². The first kappa shape index (κ1) is 19.2. The van der Waals surface area contributed by atoms with Crippen LogP contribution in [-0.4, -0.2) is 23.9 Å². The van der Waals surface area contributed by atoms with Gasteiger partial charge in [-0.3, -0.25) is 4.79 Å². The third-order valence-corrected chi connectivity index (χ3v) is 4.10. The van der Waals surface area contributed by atoms with E-state index >= 15 is 0 Å². The van der Waals surface area contributed by atoms with Crippen LogP contribution in [0.3, 0.4) is 0 Å². The molecule has 0 aliphatic carbocycles. The zero-order chi connectivity index (χ0) is 19.3. The van der Waals surface area contributed by atoms with Gasteiger partial charge in [0.05, 0.1) is 5.56 Å². The first-order valence-electron chi connectivity index (χ1n) is 8.22. The number of hydrogen-bond donors (Lipinski definition) is 2. The van der Waals surface area contributed by atoms with Crippen LogP contribution in [0.5, 0.6) is 0 Å². The van der Waals surface area contributed by atoms with Crippen molar-refractivity contribution in [3.05, 3.63) is 70.3 Å². The van der Waals surface area contributed by atoms with Crippen molar-refractivity contribution >= 4 is 17.8 Å². The summed E-state index contributed by atoms with van der Waals surface area (Å²) in [7, 11) is 0. The number of Topliss-reactive ketones (excluding diaryl/α,β-unsaturated/α-hetero) is 1. The van der Waals surface area contributed by atoms with Crippen molar-refractivity contribution < 1.29 is 19.1 Å². The number of esters is 1. The van der Waals surface area contributed by atoms with E-state index in [0.29, 0.717) is 11.1 Å². The number of urea groups is 1. The van der Waals surface area contributed by atoms with Crippen molar-refractivity contribution in [3.8, 4) is 0 Å². The van der Waals surface area contributed by atoms with Crippen molar-refractivity contribution in [1.29, 1.82) is 0 Å². The number of nitrogens with two attached hydrogens (primary N) is 1. The number of ketones is 1. The normalized spacial score (nSPS) is 11.5. The maximum Gasteiger partial charge on any atom is 0.338 e. The summed E-state index contributed by atoms with van der Waals surface area (Å²) in [5.74, 6) is -0.826. The molecule has 2 amide bonds. The van der Waals surface area contributed by atoms with Crippen LogP contribution in [0.1, 0.15) is 44.3 Å². The van der Waals surface area contributed by atoms with Crippen LogP contribution < -0.4 is 11.1 Å². The van der Waals surface area contributed by atoms with E-state index in [4.69, 9.17) is 10.5 Å². The lowest BCUT2D eigenvalue weighted by Gasteiger charge is -2.13. The topological polar surface area (TPSA) is 98.5 Å². The standard InChI is InChI=1S/C20H22N2O4/c1-12-4-7-17(10-13(12)2)18(23)14(3)26-19(24)16-8-5-15(6-9-16)11-22-20(21)25/h4-10,14H,11H2,1-3H3,(H3,21,22,25). The molecule has 2 aromatic rings. The van der Waals surface area contributed by atoms with Crippen LogP contribution in [0.15, 0.2) is 42.5 Å². The highest BCUT2D eigenvalue weighted by Gasteiger charge is 2.20. The van der Waals surface area contributed by atoms with Crippen molar-refractivity contribution in [1.82, 2.24) is 5.32 Å². The quantitative estimate of drug-likeness (QED) is 0.615. The van der Waals surface area contributed by atoms with Gasteiger partial charge in [-0.25, -0.2) is 9.59 Å². The number of nitrogens with one attached hydrogen (secondary N) is 1. The zero-order valence-electron chi connectivity index (χ0n) is 15.0. The molecule has 0 fully saturated rings. The lowest BCUT2D eigenvalue weighted by atomic mass is 10.0. The summed E-state index contributed by atoms with van der Waals surface area (Å²) in [5.41, 5.74) is 8.75. The third-order valence-electron chi connectivity index (χ3n) is 4.10. The fourth-order valence-electron chi connectivity index (χ4n) is 2.36. The summed E-state index contributed by atoms with van der Waals surface area (Å²) in [6, 6.07) is 11.3. The molecule has 2 aromatic carbocycles. The minimum absolute atomic E-state index is 0.247. The molecule has 0 aliphatic heterocycles. The van der Waals surface area contributed by atoms with Crippen molar-refractivity contribution in [2.45, 2.75) is 33.4 Å². The summed E-state index contributed by atoms with van der Waals surface area (Å²) < 4.78 is 5.28. The molecule has 0 heterocycles. The molecule has 26 heavy (non-hydrogen) atoms. The van der Waals surface area contributed by atoms with Crippen LogP contribution in [0.2, 0.25) is 0 Å². The van der Waals surface area contributed by atoms with Gasteiger partial charge in [0.25, 0.3) is 0 Å². The Kier molecular flexibility index (Phi) is 6.11. The van der Waals surface area contributed by atoms with Crippen molar-refractivity contribution in [3.63, 3.8) is 0 Å². The summed E-state index contributed by atoms with van der Waals surface area (Å²) in [5, 5.41) is 2.46. The van der Waals surface area contributed by atoms with Gasteiger partial charge in [0.1, 0.15) is 0 Å². The molecule has 0 aliphatic rings. The largest absolute Gasteiger partial charge is 0.451 e. The van der Waals surface area contributed by atoms with Crippen molar-refractivity contribution in [2.24, 2.45) is 5.73 Å². The van der Waals surface area contributed by atoms with E-state index in [0.717, 1.165) is 16.7 Å². The lowest BCUT2D eigenvalue weighted by molar-refractivity contribution is 0.0319. The average molecular weight is 354 g/mol. The van der Waals surface area contributed by atoms with Gasteiger partial charge >= 0.3 is 12.0 Å². The molecule has 136 valence electrons. The number of rotatable bonds is 6. The van der Waals surface area contributed by atoms with Gasteiger partial charge in [-0.1, -0.05) is 24.3 Å². The van der Waals surface area contributed by atoms with E-state index in [-0.39, 0.29) is 12.3 Å². The summed E-state index contributed by atoms with van der Waals surface area (Å²) >= 11 is 0. The molecule has 0 saturated carbocycles. The molecule has 0 aromatic heterocycles. The minimum atomic E-state index is -0.888. The number of aryl methyl sites for hydroxylation is 2. The number of primary amides is 1. The van der Waals surface area contributed by atoms with Gasteiger partial charge in [0.15, 0.2) is 6.10 Å². The number of carbonyl (C=O) groups excluding carboxylic acids is 3. The molecule has 0 radical (unpaired) electrons. The highest BCUT2D eigenvalue weighted by molar-refractivity contribution is 6.01. The fourth-order valence-corrected chi connectivity index (χ4v) is 2.36. The van der Waals surface area contributed by atoms with Gasteiger partial charge in [-0.2, -0.15) is 0 Å². The first-order chi connectivity index (χ1) is 12.3. The third kappa shape index (κ3) is 4.92. The number of carbonyl (C=O) groups is 3. The fraction of sp³-hybridized carbons (Fsp3) is 0.250. The Morgan fingerprint density at radius 2 is 1.62 bits per heavy atom. The Morgan fingerprint density at radius 1 is 1.00 bits per heavy atom. The van der Waals surface area contributed by atoms with Gasteiger partial charge in [-0.15, -0.1) is 0 Å². The smallest absolute Gasteiger partial charge is 0.338 e. The average Bonchev–Trinajstić information content (AvgIpc) is 2.62. The van der Waals surface area contributed by atoms with Crippen LogP contribution in [0.25, 0.3) is 0 Å². The molecule has 6 nitrogen and oxygen atoms in total. The zero-order valence-corrected chi connectivity index (χ0v) is 15.0. The van der Waals surface area contributed by atoms with Crippen molar-refractivity contribution in [2.75, 3.05) is 0 Å². The predicted molar refractivity (Wildman–Crippen MR) is 98.0 cm³/mol. The van der Waals surface area contributed by atoms with E-state index in [9.17, 15) is 14.4 Å². The van der Waals surface area contributed by atoms with Crippen LogP contribution in [0, 0.1) is 13.8 Å². The molecule has 0 spiro atoms. The van der Waals surface area contributed by atoms with Crippen LogP contribution in [-0.2, 0) is 11.3 Å². The van der Waals surface area contributed by atoms with Gasteiger partial charge < -0.3 is 15.8 Å². The van der Waals surface area contributed by atoms with Crippen LogP contribution >= 0.6 is 0 Å². The highest BCUT2D eigenvalue weighted by Crippen LogP contribution is 2.14. The summed E-state index contributed by atoms with van der Waals surface area (Å²) in [4.78, 5) is 35.4. The Balaban J connectivity index is 2.00. The van der Waals surface area contributed by atoms with E-state index in [1.54, 1.807) is 43.3 Å². The maximum atomic E-state index is 12.4. The summed E-state index contributed by atoms with van der Waals surface area (Å²) in [6.45, 7) is 5.72. The molecule has 3 N–H and O–H groups in total. The van der Waals surface area contributed by atoms with E-state index in [2.05, 4.69) is 5.32 Å². The second kappa shape index (κ2) is 8.29.